The number of benzene rings is 2. The first-order chi connectivity index (χ1) is 13.7. The van der Waals surface area contributed by atoms with Crippen LogP contribution in [0.1, 0.15) is 31.8 Å². The smallest absolute Gasteiger partial charge is 0.254 e. The van der Waals surface area contributed by atoms with Crippen molar-refractivity contribution in [3.05, 3.63) is 52.6 Å². The minimum absolute atomic E-state index is 0.0375. The molecule has 9 nitrogen and oxygen atoms in total. The number of anilines is 1. The number of aryl methyl sites for hydroxylation is 1. The lowest BCUT2D eigenvalue weighted by atomic mass is 10.1. The SMILES string of the molecule is Cc1ccc(O)c(C)c1-n1c(N)c(C(N)=O)c2nc3ccc(C(N)=O)cc3nc21. The molecule has 0 spiro atoms. The molecule has 0 saturated carbocycles. The summed E-state index contributed by atoms with van der Waals surface area (Å²) < 4.78 is 1.54. The van der Waals surface area contributed by atoms with Gasteiger partial charge in [-0.1, -0.05) is 6.07 Å². The highest BCUT2D eigenvalue weighted by molar-refractivity contribution is 6.11. The Bertz CT molecular complexity index is 1360. The second-order valence-corrected chi connectivity index (χ2v) is 6.80. The number of phenolic OH excluding ortho intramolecular Hbond substituents is 1. The third-order valence-corrected chi connectivity index (χ3v) is 4.95. The summed E-state index contributed by atoms with van der Waals surface area (Å²) in [7, 11) is 0. The molecule has 0 aliphatic rings. The van der Waals surface area contributed by atoms with Crippen LogP contribution in [0.2, 0.25) is 0 Å². The van der Waals surface area contributed by atoms with Crippen LogP contribution in [0.5, 0.6) is 5.75 Å². The zero-order valence-corrected chi connectivity index (χ0v) is 15.7. The van der Waals surface area contributed by atoms with E-state index in [1.54, 1.807) is 29.7 Å². The predicted octanol–water partition coefficient (Wildman–Crippen LogP) is 1.68. The Hall–Kier alpha value is -4.14. The lowest BCUT2D eigenvalue weighted by molar-refractivity contribution is 0.0993. The van der Waals surface area contributed by atoms with Gasteiger partial charge in [0.1, 0.15) is 22.6 Å². The van der Waals surface area contributed by atoms with Crippen LogP contribution in [0.15, 0.2) is 30.3 Å². The summed E-state index contributed by atoms with van der Waals surface area (Å²) in [6.45, 7) is 3.57. The summed E-state index contributed by atoms with van der Waals surface area (Å²) in [4.78, 5) is 32.8. The van der Waals surface area contributed by atoms with E-state index in [1.165, 1.54) is 12.1 Å². The molecule has 9 heteroatoms. The minimum atomic E-state index is -0.746. The largest absolute Gasteiger partial charge is 0.508 e. The van der Waals surface area contributed by atoms with E-state index in [2.05, 4.69) is 9.97 Å². The van der Waals surface area contributed by atoms with Gasteiger partial charge < -0.3 is 22.3 Å². The second-order valence-electron chi connectivity index (χ2n) is 6.80. The Balaban J connectivity index is 2.19. The molecule has 0 aliphatic heterocycles. The number of nitrogen functional groups attached to an aromatic ring is 1. The number of aromatic hydroxyl groups is 1. The maximum Gasteiger partial charge on any atom is 0.254 e. The molecule has 0 aliphatic carbocycles. The number of hydrogen-bond donors (Lipinski definition) is 4. The Kier molecular flexibility index (Phi) is 3.90. The molecule has 29 heavy (non-hydrogen) atoms. The van der Waals surface area contributed by atoms with Crippen LogP contribution in [0, 0.1) is 13.8 Å². The van der Waals surface area contributed by atoms with Crippen LogP contribution < -0.4 is 17.2 Å². The number of hydrogen-bond acceptors (Lipinski definition) is 6. The summed E-state index contributed by atoms with van der Waals surface area (Å²) >= 11 is 0. The van der Waals surface area contributed by atoms with Crippen LogP contribution in [0.25, 0.3) is 27.9 Å². The van der Waals surface area contributed by atoms with Crippen molar-refractivity contribution in [2.45, 2.75) is 13.8 Å². The fourth-order valence-electron chi connectivity index (χ4n) is 3.51. The van der Waals surface area contributed by atoms with Gasteiger partial charge in [0.15, 0.2) is 5.65 Å². The van der Waals surface area contributed by atoms with Crippen molar-refractivity contribution in [2.75, 3.05) is 5.73 Å². The number of rotatable bonds is 3. The Morgan fingerprint density at radius 3 is 2.38 bits per heavy atom. The first-order valence-corrected chi connectivity index (χ1v) is 8.71. The molecule has 146 valence electrons. The summed E-state index contributed by atoms with van der Waals surface area (Å²) in [5.74, 6) is -1.21. The van der Waals surface area contributed by atoms with E-state index in [1.807, 2.05) is 6.92 Å². The van der Waals surface area contributed by atoms with Crippen LogP contribution in [-0.4, -0.2) is 31.5 Å². The number of carbonyl (C=O) groups excluding carboxylic acids is 2. The van der Waals surface area contributed by atoms with E-state index >= 15 is 0 Å². The lowest BCUT2D eigenvalue weighted by Gasteiger charge is -2.15. The van der Waals surface area contributed by atoms with Crippen LogP contribution in [-0.2, 0) is 0 Å². The highest BCUT2D eigenvalue weighted by Crippen LogP contribution is 2.35. The van der Waals surface area contributed by atoms with Gasteiger partial charge in [-0.3, -0.25) is 14.2 Å². The fraction of sp³-hybridized carbons (Fsp3) is 0.100. The molecule has 2 aromatic heterocycles. The molecule has 0 unspecified atom stereocenters. The van der Waals surface area contributed by atoms with Crippen molar-refractivity contribution in [3.63, 3.8) is 0 Å². The number of aromatic nitrogens is 3. The Morgan fingerprint density at radius 1 is 1.00 bits per heavy atom. The van der Waals surface area contributed by atoms with E-state index < -0.39 is 11.8 Å². The van der Waals surface area contributed by atoms with Crippen molar-refractivity contribution in [1.29, 1.82) is 0 Å². The van der Waals surface area contributed by atoms with Gasteiger partial charge in [-0.15, -0.1) is 0 Å². The minimum Gasteiger partial charge on any atom is -0.508 e. The summed E-state index contributed by atoms with van der Waals surface area (Å²) in [6, 6.07) is 7.94. The zero-order valence-electron chi connectivity index (χ0n) is 15.7. The average Bonchev–Trinajstić information content (AvgIpc) is 2.94. The standard InChI is InChI=1S/C20H18N6O3/c1-8-3-6-13(27)9(2)16(8)26-17(21)14(19(23)29)15-20(26)25-12-7-10(18(22)28)4-5-11(12)24-15/h3-7,27H,21H2,1-2H3,(H2,22,28)(H2,23,29). The number of nitrogens with two attached hydrogens (primary N) is 3. The number of phenols is 1. The maximum absolute atomic E-state index is 12.1. The highest BCUT2D eigenvalue weighted by atomic mass is 16.3. The third-order valence-electron chi connectivity index (χ3n) is 4.95. The second kappa shape index (κ2) is 6.20. The van der Waals surface area contributed by atoms with Gasteiger partial charge in [0.2, 0.25) is 5.91 Å². The van der Waals surface area contributed by atoms with E-state index in [-0.39, 0.29) is 33.9 Å². The molecule has 2 amide bonds. The topological polar surface area (TPSA) is 163 Å². The summed E-state index contributed by atoms with van der Waals surface area (Å²) in [5.41, 5.74) is 20.8. The molecular weight excluding hydrogens is 372 g/mol. The molecule has 0 fully saturated rings. The Labute approximate surface area is 164 Å². The normalized spacial score (nSPS) is 11.2. The Morgan fingerprint density at radius 2 is 1.72 bits per heavy atom. The zero-order chi connectivity index (χ0) is 21.0. The predicted molar refractivity (Wildman–Crippen MR) is 109 cm³/mol. The molecule has 0 bridgehead atoms. The summed E-state index contributed by atoms with van der Waals surface area (Å²) in [6.07, 6.45) is 0. The molecule has 0 saturated heterocycles. The van der Waals surface area contributed by atoms with Crippen LogP contribution >= 0.6 is 0 Å². The number of fused-ring (bicyclic) bond motifs is 2. The van der Waals surface area contributed by atoms with E-state index in [0.29, 0.717) is 22.3 Å². The first kappa shape index (κ1) is 18.2. The van der Waals surface area contributed by atoms with Crippen molar-refractivity contribution in [3.8, 4) is 11.4 Å². The van der Waals surface area contributed by atoms with Gasteiger partial charge in [0.05, 0.1) is 16.7 Å². The van der Waals surface area contributed by atoms with Crippen LogP contribution in [0.3, 0.4) is 0 Å². The molecule has 0 atom stereocenters. The average molecular weight is 390 g/mol. The van der Waals surface area contributed by atoms with Crippen molar-refractivity contribution >= 4 is 39.8 Å². The van der Waals surface area contributed by atoms with Gasteiger partial charge in [-0.25, -0.2) is 9.97 Å². The highest BCUT2D eigenvalue weighted by Gasteiger charge is 2.25. The molecule has 2 aromatic carbocycles. The van der Waals surface area contributed by atoms with E-state index in [4.69, 9.17) is 17.2 Å². The number of nitrogens with zero attached hydrogens (tertiary/aromatic N) is 3. The number of primary amides is 2. The molecule has 7 N–H and O–H groups in total. The number of carbonyl (C=O) groups is 2. The third kappa shape index (κ3) is 2.63. The fourth-order valence-corrected chi connectivity index (χ4v) is 3.51. The van der Waals surface area contributed by atoms with Crippen molar-refractivity contribution in [2.24, 2.45) is 11.5 Å². The summed E-state index contributed by atoms with van der Waals surface area (Å²) in [5, 5.41) is 10.2. The van der Waals surface area contributed by atoms with Crippen molar-refractivity contribution in [1.82, 2.24) is 14.5 Å². The van der Waals surface area contributed by atoms with E-state index in [0.717, 1.165) is 5.56 Å². The maximum atomic E-state index is 12.1. The van der Waals surface area contributed by atoms with Gasteiger partial charge in [0, 0.05) is 11.1 Å². The van der Waals surface area contributed by atoms with Gasteiger partial charge in [-0.2, -0.15) is 0 Å². The van der Waals surface area contributed by atoms with Gasteiger partial charge >= 0.3 is 0 Å². The molecule has 4 rings (SSSR count). The molecule has 0 radical (unpaired) electrons. The lowest BCUT2D eigenvalue weighted by Crippen LogP contribution is -2.14. The monoisotopic (exact) mass is 390 g/mol. The molecular formula is C20H18N6O3. The van der Waals surface area contributed by atoms with Crippen LogP contribution in [0.4, 0.5) is 5.82 Å². The first-order valence-electron chi connectivity index (χ1n) is 8.71. The van der Waals surface area contributed by atoms with E-state index in [9.17, 15) is 14.7 Å². The van der Waals surface area contributed by atoms with Crippen molar-refractivity contribution < 1.29 is 14.7 Å². The molecule has 2 heterocycles. The quantitative estimate of drug-likeness (QED) is 0.416. The van der Waals surface area contributed by atoms with Gasteiger partial charge in [0.25, 0.3) is 5.91 Å². The number of amides is 2. The molecule has 4 aromatic rings. The van der Waals surface area contributed by atoms with Gasteiger partial charge in [-0.05, 0) is 43.7 Å².